The van der Waals surface area contributed by atoms with Crippen molar-refractivity contribution in [2.75, 3.05) is 18.1 Å². The Hall–Kier alpha value is -3.91. The van der Waals surface area contributed by atoms with Gasteiger partial charge >= 0.3 is 0 Å². The number of carbonyl (C=O) groups is 4. The van der Waals surface area contributed by atoms with Gasteiger partial charge in [-0.25, -0.2) is 9.88 Å². The molecule has 148 valence electrons. The normalized spacial score (nSPS) is 15.4. The van der Waals surface area contributed by atoms with Crippen LogP contribution < -0.4 is 4.90 Å². The van der Waals surface area contributed by atoms with Gasteiger partial charge in [-0.2, -0.15) is 0 Å². The second-order valence-electron chi connectivity index (χ2n) is 7.04. The summed E-state index contributed by atoms with van der Waals surface area (Å²) in [6.07, 6.45) is 1.76. The molecule has 5 rings (SSSR count). The Morgan fingerprint density at radius 2 is 1.27 bits per heavy atom. The topological polar surface area (TPSA) is 108 Å². The number of hydrogen-bond donors (Lipinski definition) is 1. The van der Waals surface area contributed by atoms with Crippen LogP contribution >= 0.6 is 0 Å². The van der Waals surface area contributed by atoms with E-state index < -0.39 is 23.6 Å². The minimum Gasteiger partial charge on any atom is -0.396 e. The zero-order valence-electron chi connectivity index (χ0n) is 15.7. The third kappa shape index (κ3) is 2.34. The maximum absolute atomic E-state index is 13.2. The van der Waals surface area contributed by atoms with Crippen molar-refractivity contribution in [3.05, 3.63) is 70.9 Å². The van der Waals surface area contributed by atoms with E-state index >= 15 is 0 Å². The van der Waals surface area contributed by atoms with Crippen LogP contribution in [0.1, 0.15) is 47.9 Å². The molecule has 0 unspecified atom stereocenters. The average Bonchev–Trinajstić information content (AvgIpc) is 2.77. The average molecular weight is 401 g/mol. The number of amides is 4. The highest BCUT2D eigenvalue weighted by molar-refractivity contribution is 6.39. The Balaban J connectivity index is 1.73. The molecule has 0 atom stereocenters. The van der Waals surface area contributed by atoms with Crippen molar-refractivity contribution in [3.8, 4) is 0 Å². The molecule has 8 nitrogen and oxygen atoms in total. The van der Waals surface area contributed by atoms with Gasteiger partial charge in [0.25, 0.3) is 23.6 Å². The van der Waals surface area contributed by atoms with Crippen molar-refractivity contribution in [2.24, 2.45) is 0 Å². The van der Waals surface area contributed by atoms with E-state index in [-0.39, 0.29) is 47.6 Å². The summed E-state index contributed by atoms with van der Waals surface area (Å²) >= 11 is 0. The lowest BCUT2D eigenvalue weighted by atomic mass is 9.86. The quantitative estimate of drug-likeness (QED) is 0.670. The summed E-state index contributed by atoms with van der Waals surface area (Å²) < 4.78 is 0. The summed E-state index contributed by atoms with van der Waals surface area (Å²) in [6, 6.07) is 11.0. The van der Waals surface area contributed by atoms with E-state index in [2.05, 4.69) is 4.98 Å². The number of nitrogens with zero attached hydrogens (tertiary/aromatic N) is 3. The van der Waals surface area contributed by atoms with Crippen molar-refractivity contribution in [1.82, 2.24) is 9.88 Å². The minimum absolute atomic E-state index is 0.0872. The molecule has 0 saturated carbocycles. The van der Waals surface area contributed by atoms with Crippen LogP contribution in [0, 0.1) is 0 Å². The third-order valence-corrected chi connectivity index (χ3v) is 5.40. The van der Waals surface area contributed by atoms with E-state index in [4.69, 9.17) is 5.11 Å². The molecular weight excluding hydrogens is 386 g/mol. The lowest BCUT2D eigenvalue weighted by molar-refractivity contribution is 0.0600. The number of anilines is 1. The molecule has 1 N–H and O–H groups in total. The predicted octanol–water partition coefficient (Wildman–Crippen LogP) is 2.01. The number of imide groups is 2. The smallest absolute Gasteiger partial charge is 0.267 e. The lowest BCUT2D eigenvalue weighted by Crippen LogP contribution is -2.44. The number of hydrogen-bond acceptors (Lipinski definition) is 6. The first-order chi connectivity index (χ1) is 14.5. The highest BCUT2D eigenvalue weighted by Crippen LogP contribution is 2.38. The molecule has 4 amide bonds. The highest BCUT2D eigenvalue weighted by Gasteiger charge is 2.40. The van der Waals surface area contributed by atoms with Crippen LogP contribution in [0.2, 0.25) is 0 Å². The van der Waals surface area contributed by atoms with Gasteiger partial charge in [0.15, 0.2) is 0 Å². The molecule has 3 aromatic rings. The Morgan fingerprint density at radius 3 is 1.73 bits per heavy atom. The zero-order chi connectivity index (χ0) is 21.0. The van der Waals surface area contributed by atoms with Gasteiger partial charge in [-0.15, -0.1) is 0 Å². The molecule has 0 spiro atoms. The molecular formula is C22H15N3O5. The van der Waals surface area contributed by atoms with Crippen molar-refractivity contribution in [2.45, 2.75) is 6.42 Å². The summed E-state index contributed by atoms with van der Waals surface area (Å²) in [5.41, 5.74) is 0.991. The molecule has 8 heteroatoms. The number of aliphatic hydroxyl groups is 1. The van der Waals surface area contributed by atoms with Gasteiger partial charge in [0.2, 0.25) is 0 Å². The number of rotatable bonds is 4. The number of pyridine rings is 1. The molecule has 2 aliphatic heterocycles. The largest absolute Gasteiger partial charge is 0.396 e. The van der Waals surface area contributed by atoms with Gasteiger partial charge in [-0.3, -0.25) is 24.1 Å². The van der Waals surface area contributed by atoms with Crippen LogP contribution in [-0.2, 0) is 0 Å². The van der Waals surface area contributed by atoms with E-state index in [0.717, 1.165) is 9.80 Å². The molecule has 0 radical (unpaired) electrons. The van der Waals surface area contributed by atoms with Crippen molar-refractivity contribution >= 4 is 40.2 Å². The summed E-state index contributed by atoms with van der Waals surface area (Å²) in [5.74, 6) is -1.92. The lowest BCUT2D eigenvalue weighted by Gasteiger charge is -2.31. The molecule has 0 aliphatic carbocycles. The minimum atomic E-state index is -0.558. The van der Waals surface area contributed by atoms with E-state index in [1.807, 2.05) is 0 Å². The van der Waals surface area contributed by atoms with Crippen molar-refractivity contribution in [1.29, 1.82) is 0 Å². The Kier molecular flexibility index (Phi) is 3.97. The molecule has 0 fully saturated rings. The van der Waals surface area contributed by atoms with E-state index in [9.17, 15) is 19.2 Å². The Bertz CT molecular complexity index is 1200. The van der Waals surface area contributed by atoms with Gasteiger partial charge < -0.3 is 5.11 Å². The van der Waals surface area contributed by atoms with Gasteiger partial charge in [0.05, 0.1) is 0 Å². The third-order valence-electron chi connectivity index (χ3n) is 5.40. The first-order valence-electron chi connectivity index (χ1n) is 9.41. The number of aliphatic hydroxyl groups excluding tert-OH is 1. The van der Waals surface area contributed by atoms with E-state index in [1.165, 1.54) is 30.5 Å². The fourth-order valence-electron chi connectivity index (χ4n) is 4.05. The predicted molar refractivity (Wildman–Crippen MR) is 106 cm³/mol. The monoisotopic (exact) mass is 401 g/mol. The van der Waals surface area contributed by atoms with Crippen LogP contribution in [0.25, 0.3) is 10.8 Å². The summed E-state index contributed by atoms with van der Waals surface area (Å²) in [7, 11) is 0. The van der Waals surface area contributed by atoms with E-state index in [0.29, 0.717) is 10.8 Å². The molecule has 30 heavy (non-hydrogen) atoms. The molecule has 1 aromatic heterocycles. The first-order valence-corrected chi connectivity index (χ1v) is 9.41. The second-order valence-corrected chi connectivity index (χ2v) is 7.04. The van der Waals surface area contributed by atoms with Crippen LogP contribution in [0.4, 0.5) is 5.82 Å². The summed E-state index contributed by atoms with van der Waals surface area (Å²) in [5, 5.41) is 9.71. The molecule has 2 aliphatic rings. The number of carbonyl (C=O) groups excluding carboxylic acids is 4. The maximum atomic E-state index is 13.2. The maximum Gasteiger partial charge on any atom is 0.267 e. The van der Waals surface area contributed by atoms with Crippen LogP contribution in [0.3, 0.4) is 0 Å². The van der Waals surface area contributed by atoms with Crippen LogP contribution in [0.15, 0.2) is 48.7 Å². The van der Waals surface area contributed by atoms with Gasteiger partial charge in [-0.05, 0) is 42.8 Å². The van der Waals surface area contributed by atoms with Gasteiger partial charge in [-0.1, -0.05) is 6.07 Å². The standard InChI is InChI=1S/C22H15N3O5/c26-11-3-10-24-19(27)12-5-7-14-18-15(8-6-13(17(12)18)20(24)28)22(30)25(21(14)29)16-4-1-2-9-23-16/h1-2,4-9,26H,3,10-11H2. The second kappa shape index (κ2) is 6.57. The molecule has 3 heterocycles. The molecule has 0 bridgehead atoms. The van der Waals surface area contributed by atoms with Crippen LogP contribution in [-0.4, -0.2) is 51.8 Å². The fourth-order valence-corrected chi connectivity index (χ4v) is 4.05. The first kappa shape index (κ1) is 18.1. The number of benzene rings is 2. The SMILES string of the molecule is O=C1c2ccc3c4c(ccc(c24)C(=O)N1CCCO)C(=O)N(c1ccccn1)C3=O. The summed E-state index contributed by atoms with van der Waals surface area (Å²) in [4.78, 5) is 58.4. The van der Waals surface area contributed by atoms with Crippen molar-refractivity contribution < 1.29 is 24.3 Å². The zero-order valence-corrected chi connectivity index (χ0v) is 15.7. The van der Waals surface area contributed by atoms with Crippen molar-refractivity contribution in [3.63, 3.8) is 0 Å². The molecule has 2 aromatic carbocycles. The highest BCUT2D eigenvalue weighted by atomic mass is 16.3. The molecule has 0 saturated heterocycles. The Morgan fingerprint density at radius 1 is 0.733 bits per heavy atom. The fraction of sp³-hybridized carbons (Fsp3) is 0.136. The Labute approximate surface area is 170 Å². The van der Waals surface area contributed by atoms with Gasteiger partial charge in [0.1, 0.15) is 5.82 Å². The van der Waals surface area contributed by atoms with Crippen LogP contribution in [0.5, 0.6) is 0 Å². The van der Waals surface area contributed by atoms with E-state index in [1.54, 1.807) is 18.2 Å². The summed E-state index contributed by atoms with van der Waals surface area (Å²) in [6.45, 7) is -0.0620. The number of aromatic nitrogens is 1. The van der Waals surface area contributed by atoms with Gasteiger partial charge in [0, 0.05) is 52.4 Å².